The third kappa shape index (κ3) is 9.92. The molecule has 0 saturated carbocycles. The van der Waals surface area contributed by atoms with E-state index in [9.17, 15) is 43.8 Å². The highest BCUT2D eigenvalue weighted by atomic mass is 16.5. The zero-order valence-corrected chi connectivity index (χ0v) is 28.1. The molecule has 0 aromatic heterocycles. The number of amides is 6. The first-order valence-corrected chi connectivity index (χ1v) is 15.7. The monoisotopic (exact) mass is 726 g/mol. The Morgan fingerprint density at radius 1 is 0.698 bits per heavy atom. The molecule has 4 rings (SSSR count). The number of benzene rings is 4. The number of phenolic OH excluding ortho intramolecular Hbond substituents is 1. The Balaban J connectivity index is 1.47. The average Bonchev–Trinajstić information content (AvgIpc) is 3.12. The summed E-state index contributed by atoms with van der Waals surface area (Å²) in [6.07, 6.45) is -2.16. The molecular formula is C36H34N6O11. The van der Waals surface area contributed by atoms with Crippen molar-refractivity contribution in [3.63, 3.8) is 0 Å². The van der Waals surface area contributed by atoms with Gasteiger partial charge in [0.25, 0.3) is 17.7 Å². The second-order valence-electron chi connectivity index (χ2n) is 11.5. The molecule has 4 aromatic rings. The van der Waals surface area contributed by atoms with Gasteiger partial charge in [0.05, 0.1) is 22.9 Å². The highest BCUT2D eigenvalue weighted by Crippen LogP contribution is 2.39. The predicted molar refractivity (Wildman–Crippen MR) is 191 cm³/mol. The molecule has 2 atom stereocenters. The second kappa shape index (κ2) is 17.1. The van der Waals surface area contributed by atoms with E-state index in [2.05, 4.69) is 26.6 Å². The summed E-state index contributed by atoms with van der Waals surface area (Å²) >= 11 is 0. The van der Waals surface area contributed by atoms with Gasteiger partial charge in [-0.25, -0.2) is 4.79 Å². The molecule has 17 nitrogen and oxygen atoms in total. The summed E-state index contributed by atoms with van der Waals surface area (Å²) in [7, 11) is 0. The van der Waals surface area contributed by atoms with Crippen LogP contribution in [0.25, 0.3) is 0 Å². The average molecular weight is 727 g/mol. The van der Waals surface area contributed by atoms with Crippen molar-refractivity contribution in [1.82, 2.24) is 5.32 Å². The van der Waals surface area contributed by atoms with Gasteiger partial charge in [-0.3, -0.25) is 28.8 Å². The van der Waals surface area contributed by atoms with Crippen LogP contribution < -0.4 is 37.1 Å². The van der Waals surface area contributed by atoms with Gasteiger partial charge in [0.15, 0.2) is 17.6 Å². The van der Waals surface area contributed by atoms with Crippen LogP contribution in [0.15, 0.2) is 84.9 Å². The van der Waals surface area contributed by atoms with E-state index in [-0.39, 0.29) is 45.1 Å². The highest BCUT2D eigenvalue weighted by Gasteiger charge is 2.33. The van der Waals surface area contributed by atoms with Crippen LogP contribution in [0.5, 0.6) is 11.5 Å². The van der Waals surface area contributed by atoms with E-state index in [0.29, 0.717) is 12.1 Å². The number of carboxylic acid groups (broad SMARTS) is 1. The third-order valence-corrected chi connectivity index (χ3v) is 7.33. The van der Waals surface area contributed by atoms with Crippen LogP contribution in [0.4, 0.5) is 22.7 Å². The zero-order chi connectivity index (χ0) is 38.8. The zero-order valence-electron chi connectivity index (χ0n) is 28.1. The molecule has 0 radical (unpaired) electrons. The van der Waals surface area contributed by atoms with E-state index < -0.39 is 59.5 Å². The number of nitrogens with one attached hydrogen (secondary N) is 5. The number of hydrogen-bond acceptors (Lipinski definition) is 10. The maximum atomic E-state index is 13.2. The van der Waals surface area contributed by atoms with Gasteiger partial charge in [-0.05, 0) is 98.8 Å². The van der Waals surface area contributed by atoms with Crippen molar-refractivity contribution in [3.05, 3.63) is 107 Å². The molecule has 4 aromatic carbocycles. The Kier molecular flexibility index (Phi) is 12.4. The number of phenols is 1. The van der Waals surface area contributed by atoms with Crippen molar-refractivity contribution in [2.24, 2.45) is 5.73 Å². The van der Waals surface area contributed by atoms with Crippen molar-refractivity contribution >= 4 is 64.7 Å². The summed E-state index contributed by atoms with van der Waals surface area (Å²) in [6.45, 7) is 3.33. The number of aliphatic hydroxyl groups is 1. The molecular weight excluding hydrogens is 692 g/mol. The number of ether oxygens (including phenoxy) is 1. The van der Waals surface area contributed by atoms with Gasteiger partial charge in [0, 0.05) is 28.2 Å². The van der Waals surface area contributed by atoms with E-state index in [4.69, 9.17) is 15.6 Å². The van der Waals surface area contributed by atoms with Gasteiger partial charge < -0.3 is 52.4 Å². The van der Waals surface area contributed by atoms with Crippen molar-refractivity contribution in [1.29, 1.82) is 0 Å². The number of hydrogen-bond donors (Lipinski definition) is 9. The fraction of sp³-hybridized carbons (Fsp3) is 0.139. The van der Waals surface area contributed by atoms with Gasteiger partial charge in [-0.15, -0.1) is 0 Å². The molecule has 0 heterocycles. The topological polar surface area (TPSA) is 276 Å². The Labute approximate surface area is 301 Å². The number of carbonyl (C=O) groups is 7. The summed E-state index contributed by atoms with van der Waals surface area (Å²) in [5.74, 6) is -6.42. The van der Waals surface area contributed by atoms with Crippen LogP contribution >= 0.6 is 0 Å². The first-order chi connectivity index (χ1) is 25.2. The molecule has 10 N–H and O–H groups in total. The largest absolute Gasteiger partial charge is 0.504 e. The minimum atomic E-state index is -2.11. The van der Waals surface area contributed by atoms with Crippen LogP contribution in [0, 0.1) is 0 Å². The Bertz CT molecular complexity index is 2030. The summed E-state index contributed by atoms with van der Waals surface area (Å²) in [4.78, 5) is 85.5. The van der Waals surface area contributed by atoms with E-state index in [1.807, 2.05) is 0 Å². The molecule has 1 unspecified atom stereocenters. The van der Waals surface area contributed by atoms with E-state index in [1.165, 1.54) is 84.9 Å². The Morgan fingerprint density at radius 2 is 1.23 bits per heavy atom. The van der Waals surface area contributed by atoms with Crippen LogP contribution in [-0.2, 0) is 14.4 Å². The summed E-state index contributed by atoms with van der Waals surface area (Å²) in [5.41, 5.74) is 5.95. The first-order valence-electron chi connectivity index (χ1n) is 15.7. The smallest absolute Gasteiger partial charge is 0.335 e. The SMILES string of the molecule is CC(C)Oc1c(NC(=O)c2ccc(NC(=O)[C@@H](NC(=O)c3ccc(NC=O)cc3)C(O)C(N)=O)cc2)ccc(C(=O)Nc2ccc(C(=O)O)cc2)c1O. The molecule has 0 aliphatic heterocycles. The summed E-state index contributed by atoms with van der Waals surface area (Å²) in [5, 5.41) is 42.7. The maximum absolute atomic E-state index is 13.2. The van der Waals surface area contributed by atoms with E-state index in [0.717, 1.165) is 0 Å². The van der Waals surface area contributed by atoms with Crippen LogP contribution in [0.1, 0.15) is 55.3 Å². The number of carboxylic acids is 1. The third-order valence-electron chi connectivity index (χ3n) is 7.33. The molecule has 17 heteroatoms. The number of rotatable bonds is 15. The number of primary amides is 1. The minimum absolute atomic E-state index is 0.0163. The lowest BCUT2D eigenvalue weighted by Crippen LogP contribution is -2.55. The Hall–Kier alpha value is -7.27. The van der Waals surface area contributed by atoms with Gasteiger partial charge >= 0.3 is 5.97 Å². The number of anilines is 4. The standard InChI is InChI=1S/C36H34N6O11/c1-18(2)53-30-26(16-15-25(28(30)44)34(49)39-23-13-7-21(8-14-23)36(51)52)41-32(47)19-5-11-24(12-6-19)40-35(50)27(29(45)31(37)46)42-33(48)20-3-9-22(10-4-20)38-17-43/h3-18,27,29,44-45H,1-2H3,(H2,37,46)(H,38,43)(H,39,49)(H,40,50)(H,41,47)(H,42,48)(H,51,52)/t27-,29?/m0/s1. The first kappa shape index (κ1) is 38.5. The fourth-order valence-electron chi connectivity index (χ4n) is 4.68. The molecule has 274 valence electrons. The number of aliphatic hydroxyl groups excluding tert-OH is 1. The van der Waals surface area contributed by atoms with Crippen LogP contribution in [0.2, 0.25) is 0 Å². The van der Waals surface area contributed by atoms with Gasteiger partial charge in [0.2, 0.25) is 18.2 Å². The molecule has 0 fully saturated rings. The van der Waals surface area contributed by atoms with Crippen LogP contribution in [0.3, 0.4) is 0 Å². The van der Waals surface area contributed by atoms with Gasteiger partial charge in [-0.2, -0.15) is 0 Å². The fourth-order valence-corrected chi connectivity index (χ4v) is 4.68. The number of aromatic carboxylic acids is 1. The molecule has 0 aliphatic rings. The molecule has 53 heavy (non-hydrogen) atoms. The lowest BCUT2D eigenvalue weighted by molar-refractivity contribution is -0.132. The molecule has 0 saturated heterocycles. The lowest BCUT2D eigenvalue weighted by atomic mass is 10.1. The summed E-state index contributed by atoms with van der Waals surface area (Å²) in [6, 6.07) is 17.0. The summed E-state index contributed by atoms with van der Waals surface area (Å²) < 4.78 is 5.73. The minimum Gasteiger partial charge on any atom is -0.504 e. The molecule has 0 spiro atoms. The van der Waals surface area contributed by atoms with Crippen LogP contribution in [-0.4, -0.2) is 75.5 Å². The lowest BCUT2D eigenvalue weighted by Gasteiger charge is -2.21. The van der Waals surface area contributed by atoms with E-state index >= 15 is 0 Å². The van der Waals surface area contributed by atoms with Crippen molar-refractivity contribution < 1.29 is 53.6 Å². The molecule has 0 bridgehead atoms. The molecule has 0 aliphatic carbocycles. The quantitative estimate of drug-likeness (QED) is 0.0803. The number of aromatic hydroxyl groups is 1. The normalized spacial score (nSPS) is 11.7. The predicted octanol–water partition coefficient (Wildman–Crippen LogP) is 2.53. The second-order valence-corrected chi connectivity index (χ2v) is 11.5. The number of carbonyl (C=O) groups excluding carboxylic acids is 6. The maximum Gasteiger partial charge on any atom is 0.335 e. The Morgan fingerprint density at radius 3 is 1.75 bits per heavy atom. The van der Waals surface area contributed by atoms with Crippen molar-refractivity contribution in [3.8, 4) is 11.5 Å². The number of nitrogens with two attached hydrogens (primary N) is 1. The van der Waals surface area contributed by atoms with Gasteiger partial charge in [0.1, 0.15) is 6.04 Å². The van der Waals surface area contributed by atoms with E-state index in [1.54, 1.807) is 13.8 Å². The van der Waals surface area contributed by atoms with Crippen molar-refractivity contribution in [2.75, 3.05) is 21.3 Å². The molecule has 6 amide bonds. The van der Waals surface area contributed by atoms with Gasteiger partial charge in [-0.1, -0.05) is 0 Å². The van der Waals surface area contributed by atoms with Crippen molar-refractivity contribution in [2.45, 2.75) is 32.1 Å². The highest BCUT2D eigenvalue weighted by molar-refractivity contribution is 6.10.